The van der Waals surface area contributed by atoms with Crippen LogP contribution in [0.5, 0.6) is 0 Å². The summed E-state index contributed by atoms with van der Waals surface area (Å²) in [5.41, 5.74) is 0. The molecule has 0 rings (SSSR count). The summed E-state index contributed by atoms with van der Waals surface area (Å²) in [6.07, 6.45) is 0. The molecule has 0 saturated carbocycles. The maximum atomic E-state index is 9.75. The van der Waals surface area contributed by atoms with E-state index in [2.05, 4.69) is 0 Å². The van der Waals surface area contributed by atoms with E-state index in [-0.39, 0.29) is 54.3 Å². The Labute approximate surface area is 103 Å². The molecule has 0 bridgehead atoms. The first-order valence-corrected chi connectivity index (χ1v) is 1.75. The Morgan fingerprint density at radius 1 is 0.538 bits per heavy atom. The Kier molecular flexibility index (Phi) is 25.2. The summed E-state index contributed by atoms with van der Waals surface area (Å²) in [6, 6.07) is 0. The molecule has 0 aromatic carbocycles. The second kappa shape index (κ2) is 11.2. The van der Waals surface area contributed by atoms with Crippen LogP contribution in [0.15, 0.2) is 0 Å². The number of hydrogen-bond acceptors (Lipinski definition) is 0. The van der Waals surface area contributed by atoms with Crippen molar-refractivity contribution in [1.82, 2.24) is 0 Å². The quantitative estimate of drug-likeness (QED) is 0.452. The van der Waals surface area contributed by atoms with Gasteiger partial charge in [0.05, 0.1) is 0 Å². The van der Waals surface area contributed by atoms with E-state index >= 15 is 0 Å². The van der Waals surface area contributed by atoms with Gasteiger partial charge in [-0.05, 0) is 0 Å². The Hall–Kier alpha value is 1.13. The van der Waals surface area contributed by atoms with Crippen molar-refractivity contribution in [2.75, 3.05) is 0 Å². The van der Waals surface area contributed by atoms with Gasteiger partial charge < -0.3 is 36.0 Å². The third-order valence-corrected chi connectivity index (χ3v) is 0. The minimum absolute atomic E-state index is 0. The summed E-state index contributed by atoms with van der Waals surface area (Å²) < 4.78 is 78.0. The minimum atomic E-state index is -6.00. The Morgan fingerprint density at radius 2 is 0.538 bits per heavy atom. The van der Waals surface area contributed by atoms with Gasteiger partial charge >= 0.3 is 33.4 Å². The third kappa shape index (κ3) is 1280. The SMILES string of the molecule is Br.Br.F[B-](F)(F)F.F[B-](F)(F)F.[H-].[Li+]. The molecule has 0 spiro atoms. The molecule has 0 unspecified atom stereocenters. The number of rotatable bonds is 0. The first-order valence-electron chi connectivity index (χ1n) is 1.75. The molecule has 0 aromatic heterocycles. The van der Waals surface area contributed by atoms with Crippen LogP contribution >= 0.6 is 34.0 Å². The molecule has 0 fully saturated rings. The summed E-state index contributed by atoms with van der Waals surface area (Å²) >= 11 is 0. The van der Waals surface area contributed by atoms with Crippen LogP contribution in [0.1, 0.15) is 1.43 Å². The predicted molar refractivity (Wildman–Crippen MR) is 42.1 cm³/mol. The molecule has 0 aliphatic rings. The van der Waals surface area contributed by atoms with Gasteiger partial charge in [-0.25, -0.2) is 0 Å². The standard InChI is InChI=1S/2BF4.2BrH.Li.H/c2*2-1(3,4)5;;;;/h;;2*1H;;/q2*-1;;;+1;-1. The topological polar surface area (TPSA) is 0 Å². The van der Waals surface area contributed by atoms with Gasteiger partial charge in [-0.15, -0.1) is 34.0 Å². The number of halogens is 10. The predicted octanol–water partition coefficient (Wildman–Crippen LogP) is 0.872. The maximum Gasteiger partial charge on any atom is 1.00 e. The van der Waals surface area contributed by atoms with Crippen LogP contribution in [0.25, 0.3) is 0 Å². The summed E-state index contributed by atoms with van der Waals surface area (Å²) in [4.78, 5) is 0. The first kappa shape index (κ1) is 29.2. The van der Waals surface area contributed by atoms with Crippen molar-refractivity contribution in [2.24, 2.45) is 0 Å². The van der Waals surface area contributed by atoms with Gasteiger partial charge in [0, 0.05) is 0 Å². The molecular formula is H3B2Br2F8Li-2. The maximum absolute atomic E-state index is 9.75. The largest absolute Gasteiger partial charge is 1.00 e. The van der Waals surface area contributed by atoms with E-state index in [1.54, 1.807) is 0 Å². The molecule has 0 aromatic rings. The van der Waals surface area contributed by atoms with Crippen LogP contribution in [0.3, 0.4) is 0 Å². The summed E-state index contributed by atoms with van der Waals surface area (Å²) in [5.74, 6) is 0. The van der Waals surface area contributed by atoms with Crippen LogP contribution in [0, 0.1) is 0 Å². The van der Waals surface area contributed by atoms with E-state index in [1.165, 1.54) is 0 Å². The molecule has 0 heterocycles. The summed E-state index contributed by atoms with van der Waals surface area (Å²) in [7, 11) is -12.0. The zero-order chi connectivity index (χ0) is 9.00. The van der Waals surface area contributed by atoms with Crippen LogP contribution in [-0.2, 0) is 0 Å². The Bertz CT molecular complexity index is 68.3. The van der Waals surface area contributed by atoms with E-state index in [1.807, 2.05) is 0 Å². The second-order valence-electron chi connectivity index (χ2n) is 0.990. The number of hydrogen-bond donors (Lipinski definition) is 0. The van der Waals surface area contributed by atoms with Crippen LogP contribution in [0.4, 0.5) is 34.5 Å². The summed E-state index contributed by atoms with van der Waals surface area (Å²) in [5, 5.41) is 0. The van der Waals surface area contributed by atoms with Crippen molar-refractivity contribution in [1.29, 1.82) is 0 Å². The molecule has 0 aliphatic carbocycles. The van der Waals surface area contributed by atoms with E-state index in [4.69, 9.17) is 0 Å². The van der Waals surface area contributed by atoms with Gasteiger partial charge in [0.2, 0.25) is 0 Å². The molecule has 0 nitrogen and oxygen atoms in total. The van der Waals surface area contributed by atoms with Gasteiger partial charge in [-0.3, -0.25) is 0 Å². The molecule has 13 heavy (non-hydrogen) atoms. The van der Waals surface area contributed by atoms with Crippen LogP contribution in [0.2, 0.25) is 0 Å². The van der Waals surface area contributed by atoms with Crippen molar-refractivity contribution >= 4 is 48.5 Å². The van der Waals surface area contributed by atoms with Gasteiger partial charge in [-0.2, -0.15) is 0 Å². The fourth-order valence-corrected chi connectivity index (χ4v) is 0. The molecule has 0 aliphatic heterocycles. The second-order valence-corrected chi connectivity index (χ2v) is 0.990. The van der Waals surface area contributed by atoms with Crippen molar-refractivity contribution in [2.45, 2.75) is 0 Å². The van der Waals surface area contributed by atoms with E-state index < -0.39 is 14.5 Å². The molecule has 13 heteroatoms. The van der Waals surface area contributed by atoms with Crippen LogP contribution < -0.4 is 18.9 Å². The van der Waals surface area contributed by atoms with Gasteiger partial charge in [0.25, 0.3) is 0 Å². The van der Waals surface area contributed by atoms with Crippen molar-refractivity contribution in [3.8, 4) is 0 Å². The van der Waals surface area contributed by atoms with E-state index in [0.29, 0.717) is 0 Å². The summed E-state index contributed by atoms with van der Waals surface area (Å²) in [6.45, 7) is 0. The van der Waals surface area contributed by atoms with Crippen molar-refractivity contribution in [3.63, 3.8) is 0 Å². The van der Waals surface area contributed by atoms with Gasteiger partial charge in [0.15, 0.2) is 0 Å². The molecule has 0 atom stereocenters. The molecule has 82 valence electrons. The molecule has 0 amide bonds. The fraction of sp³-hybridized carbons (Fsp3) is 0. The van der Waals surface area contributed by atoms with Gasteiger partial charge in [0.1, 0.15) is 0 Å². The molecular weight excluding hydrogens is 340 g/mol. The zero-order valence-electron chi connectivity index (χ0n) is 6.99. The Morgan fingerprint density at radius 3 is 0.538 bits per heavy atom. The zero-order valence-corrected chi connectivity index (χ0v) is 9.42. The normalized spacial score (nSPS) is 9.23. The third-order valence-electron chi connectivity index (χ3n) is 0. The monoisotopic (exact) mass is 342 g/mol. The molecule has 0 radical (unpaired) electrons. The Balaban J connectivity index is -0.0000000178. The fourth-order valence-electron chi connectivity index (χ4n) is 0. The van der Waals surface area contributed by atoms with E-state index in [9.17, 15) is 34.5 Å². The van der Waals surface area contributed by atoms with Crippen molar-refractivity contribution < 1.29 is 54.8 Å². The van der Waals surface area contributed by atoms with Crippen LogP contribution in [-0.4, -0.2) is 14.5 Å². The van der Waals surface area contributed by atoms with Crippen molar-refractivity contribution in [3.05, 3.63) is 0 Å². The molecule has 0 saturated heterocycles. The minimum Gasteiger partial charge on any atom is -1.00 e. The van der Waals surface area contributed by atoms with Gasteiger partial charge in [-0.1, -0.05) is 0 Å². The first-order chi connectivity index (χ1) is 4.00. The average Bonchev–Trinajstić information content (AvgIpc) is 1.12. The average molecular weight is 343 g/mol. The molecule has 0 N–H and O–H groups in total. The smallest absolute Gasteiger partial charge is 1.00 e. The van der Waals surface area contributed by atoms with E-state index in [0.717, 1.165) is 0 Å².